The Kier molecular flexibility index (Phi) is 4.98. The van der Waals surface area contributed by atoms with Gasteiger partial charge in [-0.25, -0.2) is 0 Å². The number of methoxy groups -OCH3 is 1. The first-order chi connectivity index (χ1) is 13.2. The van der Waals surface area contributed by atoms with Crippen molar-refractivity contribution in [1.29, 1.82) is 0 Å². The van der Waals surface area contributed by atoms with E-state index in [1.54, 1.807) is 19.2 Å². The van der Waals surface area contributed by atoms with Gasteiger partial charge in [0.25, 0.3) is 5.91 Å². The van der Waals surface area contributed by atoms with E-state index in [0.717, 1.165) is 20.0 Å². The predicted octanol–water partition coefficient (Wildman–Crippen LogP) is 4.58. The smallest absolute Gasteiger partial charge is 0.287 e. The summed E-state index contributed by atoms with van der Waals surface area (Å²) < 4.78 is 10.9. The van der Waals surface area contributed by atoms with Crippen molar-refractivity contribution in [2.24, 2.45) is 0 Å². The second-order valence-electron chi connectivity index (χ2n) is 5.89. The predicted molar refractivity (Wildman–Crippen MR) is 107 cm³/mol. The van der Waals surface area contributed by atoms with E-state index in [0.29, 0.717) is 17.9 Å². The van der Waals surface area contributed by atoms with Crippen molar-refractivity contribution in [3.05, 3.63) is 74.3 Å². The maximum Gasteiger partial charge on any atom is 0.287 e. The van der Waals surface area contributed by atoms with Gasteiger partial charge in [0.2, 0.25) is 0 Å². The molecule has 0 aliphatic carbocycles. The summed E-state index contributed by atoms with van der Waals surface area (Å²) >= 11 is 3.00. The molecule has 3 heterocycles. The van der Waals surface area contributed by atoms with E-state index in [1.165, 1.54) is 22.7 Å². The number of aliphatic hydroxyl groups is 1. The Morgan fingerprint density at radius 2 is 2.11 bits per heavy atom. The number of amides is 1. The zero-order valence-electron chi connectivity index (χ0n) is 14.5. The van der Waals surface area contributed by atoms with Crippen LogP contribution in [0.3, 0.4) is 0 Å². The highest BCUT2D eigenvalue weighted by atomic mass is 32.1. The van der Waals surface area contributed by atoms with Gasteiger partial charge in [0, 0.05) is 20.0 Å². The van der Waals surface area contributed by atoms with Gasteiger partial charge in [-0.15, -0.1) is 22.7 Å². The van der Waals surface area contributed by atoms with Gasteiger partial charge in [0.05, 0.1) is 13.7 Å². The average molecular weight is 399 g/mol. The van der Waals surface area contributed by atoms with Crippen molar-refractivity contribution in [2.45, 2.75) is 12.6 Å². The summed E-state index contributed by atoms with van der Waals surface area (Å²) in [6, 6.07) is 14.8. The number of para-hydroxylation sites is 1. The van der Waals surface area contributed by atoms with Crippen molar-refractivity contribution in [2.75, 3.05) is 7.11 Å². The lowest BCUT2D eigenvalue weighted by atomic mass is 10.2. The maximum absolute atomic E-state index is 12.4. The molecule has 1 atom stereocenters. The summed E-state index contributed by atoms with van der Waals surface area (Å²) in [6.07, 6.45) is -0.623. The third-order valence-electron chi connectivity index (χ3n) is 4.14. The number of hydrogen-bond acceptors (Lipinski definition) is 6. The van der Waals surface area contributed by atoms with Gasteiger partial charge in [0.15, 0.2) is 17.1 Å². The van der Waals surface area contributed by atoms with Crippen LogP contribution in [0.1, 0.15) is 31.3 Å². The van der Waals surface area contributed by atoms with Gasteiger partial charge in [-0.2, -0.15) is 0 Å². The van der Waals surface area contributed by atoms with Crippen LogP contribution in [0.2, 0.25) is 0 Å². The topological polar surface area (TPSA) is 71.7 Å². The highest BCUT2D eigenvalue weighted by molar-refractivity contribution is 7.12. The Balaban J connectivity index is 1.44. The Hall–Kier alpha value is -2.61. The summed E-state index contributed by atoms with van der Waals surface area (Å²) in [4.78, 5) is 15.1. The second kappa shape index (κ2) is 7.56. The largest absolute Gasteiger partial charge is 0.493 e. The lowest BCUT2D eigenvalue weighted by molar-refractivity contribution is 0.0925. The van der Waals surface area contributed by atoms with Gasteiger partial charge in [-0.3, -0.25) is 4.79 Å². The molecule has 1 amide bonds. The lowest BCUT2D eigenvalue weighted by Crippen LogP contribution is -2.21. The molecule has 0 radical (unpaired) electrons. The van der Waals surface area contributed by atoms with Crippen molar-refractivity contribution >= 4 is 39.5 Å². The molecular weight excluding hydrogens is 382 g/mol. The van der Waals surface area contributed by atoms with E-state index in [2.05, 4.69) is 5.32 Å². The highest BCUT2D eigenvalue weighted by Crippen LogP contribution is 2.31. The molecule has 27 heavy (non-hydrogen) atoms. The molecule has 4 rings (SSSR count). The number of hydrogen-bond donors (Lipinski definition) is 2. The van der Waals surface area contributed by atoms with E-state index in [9.17, 15) is 9.90 Å². The number of aliphatic hydroxyl groups excluding tert-OH is 1. The normalized spacial score (nSPS) is 12.2. The molecule has 0 saturated carbocycles. The quantitative estimate of drug-likeness (QED) is 0.498. The van der Waals surface area contributed by atoms with Gasteiger partial charge in [-0.05, 0) is 35.7 Å². The number of thiophene rings is 2. The van der Waals surface area contributed by atoms with Crippen LogP contribution < -0.4 is 10.1 Å². The summed E-state index contributed by atoms with van der Waals surface area (Å²) in [5.74, 6) is 0.545. The number of carbonyl (C=O) groups excluding carboxylic acids is 1. The van der Waals surface area contributed by atoms with Crippen LogP contribution in [0.25, 0.3) is 11.0 Å². The third kappa shape index (κ3) is 3.62. The van der Waals surface area contributed by atoms with Crippen LogP contribution >= 0.6 is 22.7 Å². The number of benzene rings is 1. The number of nitrogens with one attached hydrogen (secondary N) is 1. The standard InChI is InChI=1S/C20H17NO4S2/c1-24-14-5-2-4-12-10-15(25-19(12)14)20(23)21-11-13-7-8-17(27-13)18(22)16-6-3-9-26-16/h2-10,18,22H,11H2,1H3,(H,21,23)/t18-/m1/s1. The van der Waals surface area contributed by atoms with Gasteiger partial charge in [-0.1, -0.05) is 18.2 Å². The molecule has 3 aromatic heterocycles. The number of ether oxygens (including phenoxy) is 1. The van der Waals surface area contributed by atoms with E-state index in [1.807, 2.05) is 41.8 Å². The fourth-order valence-electron chi connectivity index (χ4n) is 2.79. The molecule has 4 aromatic rings. The van der Waals surface area contributed by atoms with Crippen molar-refractivity contribution in [1.82, 2.24) is 5.32 Å². The fourth-order valence-corrected chi connectivity index (χ4v) is 4.55. The van der Waals surface area contributed by atoms with Gasteiger partial charge in [0.1, 0.15) is 6.10 Å². The average Bonchev–Trinajstić information content (AvgIpc) is 3.45. The Morgan fingerprint density at radius 3 is 2.89 bits per heavy atom. The molecule has 0 aliphatic heterocycles. The van der Waals surface area contributed by atoms with Crippen LogP contribution in [0, 0.1) is 0 Å². The van der Waals surface area contributed by atoms with Crippen molar-refractivity contribution < 1.29 is 19.1 Å². The number of fused-ring (bicyclic) bond motifs is 1. The summed E-state index contributed by atoms with van der Waals surface area (Å²) in [6.45, 7) is 0.370. The first kappa shape index (κ1) is 17.8. The summed E-state index contributed by atoms with van der Waals surface area (Å²) in [7, 11) is 1.57. The zero-order valence-corrected chi connectivity index (χ0v) is 16.1. The Labute approximate surface area is 163 Å². The van der Waals surface area contributed by atoms with Crippen LogP contribution in [-0.4, -0.2) is 18.1 Å². The van der Waals surface area contributed by atoms with E-state index in [-0.39, 0.29) is 11.7 Å². The van der Waals surface area contributed by atoms with Crippen molar-refractivity contribution in [3.63, 3.8) is 0 Å². The van der Waals surface area contributed by atoms with Crippen LogP contribution in [0.5, 0.6) is 5.75 Å². The number of furan rings is 1. The molecule has 1 aromatic carbocycles. The first-order valence-electron chi connectivity index (χ1n) is 8.30. The molecule has 138 valence electrons. The maximum atomic E-state index is 12.4. The number of carbonyl (C=O) groups is 1. The molecule has 0 bridgehead atoms. The zero-order chi connectivity index (χ0) is 18.8. The highest BCUT2D eigenvalue weighted by Gasteiger charge is 2.16. The van der Waals surface area contributed by atoms with Crippen molar-refractivity contribution in [3.8, 4) is 5.75 Å². The monoisotopic (exact) mass is 399 g/mol. The van der Waals surface area contributed by atoms with Gasteiger partial charge < -0.3 is 19.6 Å². The van der Waals surface area contributed by atoms with E-state index in [4.69, 9.17) is 9.15 Å². The molecule has 2 N–H and O–H groups in total. The van der Waals surface area contributed by atoms with Gasteiger partial charge >= 0.3 is 0 Å². The molecule has 0 aliphatic rings. The van der Waals surface area contributed by atoms with Crippen LogP contribution in [-0.2, 0) is 6.54 Å². The fraction of sp³-hybridized carbons (Fsp3) is 0.150. The minimum atomic E-state index is -0.623. The first-order valence-corrected chi connectivity index (χ1v) is 10.00. The minimum Gasteiger partial charge on any atom is -0.493 e. The van der Waals surface area contributed by atoms with E-state index >= 15 is 0 Å². The molecule has 0 unspecified atom stereocenters. The van der Waals surface area contributed by atoms with E-state index < -0.39 is 6.10 Å². The Morgan fingerprint density at radius 1 is 1.22 bits per heavy atom. The summed E-state index contributed by atoms with van der Waals surface area (Å²) in [5, 5.41) is 16.0. The molecule has 0 spiro atoms. The lowest BCUT2D eigenvalue weighted by Gasteiger charge is -2.05. The molecular formula is C20H17NO4S2. The minimum absolute atomic E-state index is 0.241. The van der Waals surface area contributed by atoms with Crippen LogP contribution in [0.4, 0.5) is 0 Å². The third-order valence-corrected chi connectivity index (χ3v) is 6.20. The molecule has 0 fully saturated rings. The Bertz CT molecular complexity index is 1060. The summed E-state index contributed by atoms with van der Waals surface area (Å²) in [5.41, 5.74) is 0.558. The van der Waals surface area contributed by atoms with Crippen LogP contribution in [0.15, 0.2) is 58.3 Å². The molecule has 5 nitrogen and oxygen atoms in total. The molecule has 0 saturated heterocycles. The second-order valence-corrected chi connectivity index (χ2v) is 8.07. The number of rotatable bonds is 6. The SMILES string of the molecule is COc1cccc2cc(C(=O)NCc3ccc([C@H](O)c4cccs4)s3)oc12. The molecule has 7 heteroatoms.